The molecular formula is C18H17F6N5O. The lowest BCUT2D eigenvalue weighted by molar-refractivity contribution is -0.186. The van der Waals surface area contributed by atoms with E-state index in [1.54, 1.807) is 0 Å². The van der Waals surface area contributed by atoms with Crippen molar-refractivity contribution in [2.24, 2.45) is 5.92 Å². The smallest absolute Gasteiger partial charge is 0.370 e. The van der Waals surface area contributed by atoms with Crippen LogP contribution in [0, 0.1) is 5.92 Å². The Labute approximate surface area is 167 Å². The first-order valence-electron chi connectivity index (χ1n) is 9.00. The number of pyridine rings is 1. The molecule has 0 aliphatic carbocycles. The van der Waals surface area contributed by atoms with E-state index in [1.165, 1.54) is 24.5 Å². The zero-order valence-electron chi connectivity index (χ0n) is 15.5. The number of carbonyl (C=O) groups is 1. The van der Waals surface area contributed by atoms with E-state index in [2.05, 4.69) is 20.3 Å². The summed E-state index contributed by atoms with van der Waals surface area (Å²) < 4.78 is 77.1. The van der Waals surface area contributed by atoms with Gasteiger partial charge < -0.3 is 10.2 Å². The van der Waals surface area contributed by atoms with Gasteiger partial charge >= 0.3 is 18.3 Å². The van der Waals surface area contributed by atoms with Gasteiger partial charge in [0, 0.05) is 43.7 Å². The van der Waals surface area contributed by atoms with Gasteiger partial charge in [0.15, 0.2) is 11.5 Å². The third kappa shape index (κ3) is 5.36. The molecule has 0 spiro atoms. The molecule has 0 atom stereocenters. The number of nitrogens with one attached hydrogen (secondary N) is 1. The van der Waals surface area contributed by atoms with Crippen LogP contribution in [0.25, 0.3) is 11.4 Å². The number of alkyl halides is 6. The van der Waals surface area contributed by atoms with Gasteiger partial charge in [-0.1, -0.05) is 0 Å². The van der Waals surface area contributed by atoms with E-state index in [0.717, 1.165) is 11.0 Å². The Morgan fingerprint density at radius 2 is 1.70 bits per heavy atom. The van der Waals surface area contributed by atoms with E-state index in [-0.39, 0.29) is 37.2 Å². The predicted octanol–water partition coefficient (Wildman–Crippen LogP) is 3.77. The van der Waals surface area contributed by atoms with E-state index in [9.17, 15) is 31.1 Å². The number of nitrogens with zero attached hydrogens (tertiary/aromatic N) is 4. The monoisotopic (exact) mass is 433 g/mol. The highest BCUT2D eigenvalue weighted by Crippen LogP contribution is 2.31. The van der Waals surface area contributed by atoms with Crippen molar-refractivity contribution in [2.45, 2.75) is 25.2 Å². The molecule has 2 aromatic heterocycles. The van der Waals surface area contributed by atoms with Crippen molar-refractivity contribution in [1.29, 1.82) is 0 Å². The summed E-state index contributed by atoms with van der Waals surface area (Å²) in [7, 11) is 0. The Kier molecular flexibility index (Phi) is 6.13. The molecule has 0 aromatic carbocycles. The first-order valence-corrected chi connectivity index (χ1v) is 9.00. The molecule has 3 heterocycles. The lowest BCUT2D eigenvalue weighted by atomic mass is 9.96. The Morgan fingerprint density at radius 1 is 1.07 bits per heavy atom. The number of aromatic nitrogens is 3. The van der Waals surface area contributed by atoms with Crippen LogP contribution in [0.2, 0.25) is 0 Å². The topological polar surface area (TPSA) is 71.0 Å². The Morgan fingerprint density at radius 3 is 2.27 bits per heavy atom. The zero-order chi connectivity index (χ0) is 21.9. The summed E-state index contributed by atoms with van der Waals surface area (Å²) in [5.41, 5.74) is -0.754. The van der Waals surface area contributed by atoms with Crippen molar-refractivity contribution in [3.8, 4) is 11.4 Å². The van der Waals surface area contributed by atoms with Crippen LogP contribution in [-0.4, -0.2) is 51.6 Å². The minimum absolute atomic E-state index is 0.0436. The van der Waals surface area contributed by atoms with Crippen LogP contribution >= 0.6 is 0 Å². The van der Waals surface area contributed by atoms with Crippen molar-refractivity contribution >= 4 is 11.7 Å². The number of hydrogen-bond donors (Lipinski definition) is 1. The number of anilines is 1. The number of piperidine rings is 1. The lowest BCUT2D eigenvalue weighted by Crippen LogP contribution is -2.46. The van der Waals surface area contributed by atoms with Gasteiger partial charge in [-0.2, -0.15) is 26.3 Å². The number of amides is 1. The lowest BCUT2D eigenvalue weighted by Gasteiger charge is -2.32. The molecular weight excluding hydrogens is 416 g/mol. The molecule has 30 heavy (non-hydrogen) atoms. The Hall–Kier alpha value is -2.92. The van der Waals surface area contributed by atoms with E-state index in [4.69, 9.17) is 0 Å². The van der Waals surface area contributed by atoms with Crippen LogP contribution in [0.4, 0.5) is 32.2 Å². The van der Waals surface area contributed by atoms with Crippen LogP contribution in [0.3, 0.4) is 0 Å². The predicted molar refractivity (Wildman–Crippen MR) is 94.1 cm³/mol. The van der Waals surface area contributed by atoms with Crippen LogP contribution in [0.5, 0.6) is 0 Å². The highest BCUT2D eigenvalue weighted by Gasteiger charge is 2.43. The van der Waals surface area contributed by atoms with Crippen molar-refractivity contribution in [3.63, 3.8) is 0 Å². The summed E-state index contributed by atoms with van der Waals surface area (Å²) in [5, 5.41) is 2.82. The second-order valence-corrected chi connectivity index (χ2v) is 6.81. The van der Waals surface area contributed by atoms with Crippen LogP contribution in [-0.2, 0) is 11.0 Å². The van der Waals surface area contributed by atoms with Gasteiger partial charge in [-0.3, -0.25) is 9.78 Å². The van der Waals surface area contributed by atoms with Gasteiger partial charge in [0.25, 0.3) is 0 Å². The van der Waals surface area contributed by atoms with E-state index >= 15 is 0 Å². The fourth-order valence-corrected chi connectivity index (χ4v) is 3.08. The largest absolute Gasteiger partial charge is 0.471 e. The molecule has 1 saturated heterocycles. The van der Waals surface area contributed by atoms with Gasteiger partial charge in [-0.25, -0.2) is 9.97 Å². The SMILES string of the molecule is O=C(N1CCC(CNc2cc(C(F)(F)F)nc(-c3ccncc3)n2)CC1)C(F)(F)F. The summed E-state index contributed by atoms with van der Waals surface area (Å²) in [6.07, 6.45) is -6.19. The minimum Gasteiger partial charge on any atom is -0.370 e. The molecule has 6 nitrogen and oxygen atoms in total. The third-order valence-electron chi connectivity index (χ3n) is 4.67. The molecule has 3 rings (SSSR count). The quantitative estimate of drug-likeness (QED) is 0.744. The third-order valence-corrected chi connectivity index (χ3v) is 4.67. The normalized spacial score (nSPS) is 15.9. The number of rotatable bonds is 4. The van der Waals surface area contributed by atoms with Gasteiger partial charge in [0.1, 0.15) is 5.82 Å². The number of likely N-dealkylation sites (tertiary alicyclic amines) is 1. The standard InChI is InChI=1S/C18H17F6N5O/c19-17(20,21)13-9-14(28-15(27-13)12-1-5-25-6-2-12)26-10-11-3-7-29(8-4-11)16(30)18(22,23)24/h1-2,5-6,9,11H,3-4,7-8,10H2,(H,26,27,28). The summed E-state index contributed by atoms with van der Waals surface area (Å²) in [5.74, 6) is -2.16. The first-order chi connectivity index (χ1) is 14.0. The van der Waals surface area contributed by atoms with E-state index in [1.807, 2.05) is 0 Å². The maximum absolute atomic E-state index is 13.2. The van der Waals surface area contributed by atoms with Crippen molar-refractivity contribution in [3.05, 3.63) is 36.3 Å². The maximum atomic E-state index is 13.2. The molecule has 1 aliphatic heterocycles. The maximum Gasteiger partial charge on any atom is 0.471 e. The Balaban J connectivity index is 1.68. The summed E-state index contributed by atoms with van der Waals surface area (Å²) in [6, 6.07) is 3.74. The van der Waals surface area contributed by atoms with Crippen molar-refractivity contribution in [2.75, 3.05) is 25.0 Å². The molecule has 0 radical (unpaired) electrons. The second-order valence-electron chi connectivity index (χ2n) is 6.81. The summed E-state index contributed by atoms with van der Waals surface area (Å²) in [6.45, 7) is 0.0766. The molecule has 0 saturated carbocycles. The van der Waals surface area contributed by atoms with Gasteiger partial charge in [0.05, 0.1) is 0 Å². The van der Waals surface area contributed by atoms with Gasteiger partial charge in [-0.15, -0.1) is 0 Å². The van der Waals surface area contributed by atoms with Gasteiger partial charge in [0.2, 0.25) is 0 Å². The van der Waals surface area contributed by atoms with Crippen LogP contribution in [0.1, 0.15) is 18.5 Å². The van der Waals surface area contributed by atoms with Crippen molar-refractivity contribution < 1.29 is 31.1 Å². The summed E-state index contributed by atoms with van der Waals surface area (Å²) in [4.78, 5) is 23.5. The molecule has 12 heteroatoms. The van der Waals surface area contributed by atoms with Crippen LogP contribution < -0.4 is 5.32 Å². The zero-order valence-corrected chi connectivity index (χ0v) is 15.5. The Bertz CT molecular complexity index is 879. The van der Waals surface area contributed by atoms with E-state index < -0.39 is 24.0 Å². The second kappa shape index (κ2) is 8.44. The fraction of sp³-hybridized carbons (Fsp3) is 0.444. The van der Waals surface area contributed by atoms with Crippen molar-refractivity contribution in [1.82, 2.24) is 19.9 Å². The molecule has 1 amide bonds. The number of halogens is 6. The minimum atomic E-state index is -4.91. The molecule has 1 N–H and O–H groups in total. The molecule has 1 aliphatic rings. The van der Waals surface area contributed by atoms with Gasteiger partial charge in [-0.05, 0) is 30.9 Å². The fourth-order valence-electron chi connectivity index (χ4n) is 3.08. The molecule has 0 bridgehead atoms. The average molecular weight is 433 g/mol. The highest BCUT2D eigenvalue weighted by molar-refractivity contribution is 5.81. The molecule has 1 fully saturated rings. The highest BCUT2D eigenvalue weighted by atomic mass is 19.4. The van der Waals surface area contributed by atoms with E-state index in [0.29, 0.717) is 18.4 Å². The molecule has 2 aromatic rings. The first kappa shape index (κ1) is 21.8. The summed E-state index contributed by atoms with van der Waals surface area (Å²) >= 11 is 0. The molecule has 0 unspecified atom stereocenters. The number of hydrogen-bond acceptors (Lipinski definition) is 5. The van der Waals surface area contributed by atoms with Crippen LogP contribution in [0.15, 0.2) is 30.6 Å². The number of carbonyl (C=O) groups excluding carboxylic acids is 1. The molecule has 162 valence electrons. The average Bonchev–Trinajstić information content (AvgIpc) is 2.71.